The average Bonchev–Trinajstić information content (AvgIpc) is 3.10. The van der Waals surface area contributed by atoms with Crippen molar-refractivity contribution in [1.82, 2.24) is 9.80 Å². The first-order chi connectivity index (χ1) is 13.2. The zero-order chi connectivity index (χ0) is 20.1. The normalized spacial score (nSPS) is 26.0. The Balaban J connectivity index is 1.52. The second kappa shape index (κ2) is 7.16. The minimum absolute atomic E-state index is 0.314. The molecular formula is C22H24F4N2. The molecule has 0 bridgehead atoms. The van der Waals surface area contributed by atoms with Gasteiger partial charge in [0.05, 0.1) is 5.56 Å². The van der Waals surface area contributed by atoms with E-state index in [2.05, 4.69) is 42.0 Å². The van der Waals surface area contributed by atoms with Gasteiger partial charge in [0.25, 0.3) is 0 Å². The number of alkyl halides is 3. The second-order valence-electron chi connectivity index (χ2n) is 8.20. The lowest BCUT2D eigenvalue weighted by atomic mass is 9.88. The first kappa shape index (κ1) is 19.4. The lowest BCUT2D eigenvalue weighted by Crippen LogP contribution is -2.29. The monoisotopic (exact) mass is 392 g/mol. The van der Waals surface area contributed by atoms with Gasteiger partial charge in [-0.15, -0.1) is 0 Å². The van der Waals surface area contributed by atoms with Crippen LogP contribution in [0.2, 0.25) is 0 Å². The number of halogens is 4. The molecule has 2 aromatic rings. The molecule has 4 rings (SSSR count). The number of aryl methyl sites for hydroxylation is 1. The first-order valence-electron chi connectivity index (χ1n) is 9.57. The summed E-state index contributed by atoms with van der Waals surface area (Å²) in [4.78, 5) is 4.56. The van der Waals surface area contributed by atoms with Gasteiger partial charge in [-0.05, 0) is 60.7 Å². The second-order valence-corrected chi connectivity index (χ2v) is 8.20. The smallest absolute Gasteiger partial charge is 0.299 e. The fourth-order valence-electron chi connectivity index (χ4n) is 5.03. The minimum Gasteiger partial charge on any atom is -0.299 e. The fraction of sp³-hybridized carbons (Fsp3) is 0.455. The Morgan fingerprint density at radius 1 is 1.04 bits per heavy atom. The van der Waals surface area contributed by atoms with Crippen LogP contribution >= 0.6 is 0 Å². The van der Waals surface area contributed by atoms with E-state index in [-0.39, 0.29) is 0 Å². The molecule has 0 saturated carbocycles. The highest BCUT2D eigenvalue weighted by Crippen LogP contribution is 2.45. The molecule has 0 amide bonds. The molecule has 3 atom stereocenters. The molecule has 2 heterocycles. The predicted octanol–water partition coefficient (Wildman–Crippen LogP) is 4.89. The molecule has 0 N–H and O–H groups in total. The van der Waals surface area contributed by atoms with Crippen LogP contribution in [-0.4, -0.2) is 36.5 Å². The third-order valence-electron chi connectivity index (χ3n) is 6.17. The van der Waals surface area contributed by atoms with E-state index in [4.69, 9.17) is 0 Å². The number of rotatable bonds is 3. The summed E-state index contributed by atoms with van der Waals surface area (Å²) in [6.07, 6.45) is -4.53. The number of fused-ring (bicyclic) bond motifs is 1. The minimum atomic E-state index is -4.53. The SMILES string of the molecule is Cc1ccccc1[C@H]1[C@@H]2CN(Cc3cc(F)cc(C(F)(F)F)c3)C[C@@H]2CN1C. The summed E-state index contributed by atoms with van der Waals surface area (Å²) in [6.45, 7) is 5.07. The molecule has 0 spiro atoms. The Morgan fingerprint density at radius 3 is 2.50 bits per heavy atom. The number of benzene rings is 2. The molecular weight excluding hydrogens is 368 g/mol. The van der Waals surface area contributed by atoms with Crippen molar-refractivity contribution >= 4 is 0 Å². The van der Waals surface area contributed by atoms with Gasteiger partial charge in [0.1, 0.15) is 5.82 Å². The lowest BCUT2D eigenvalue weighted by Gasteiger charge is -2.28. The highest BCUT2D eigenvalue weighted by atomic mass is 19.4. The molecule has 0 unspecified atom stereocenters. The molecule has 0 aromatic heterocycles. The van der Waals surface area contributed by atoms with Crippen LogP contribution in [0.25, 0.3) is 0 Å². The van der Waals surface area contributed by atoms with E-state index in [1.54, 1.807) is 0 Å². The van der Waals surface area contributed by atoms with Crippen molar-refractivity contribution in [3.63, 3.8) is 0 Å². The maximum atomic E-state index is 13.7. The van der Waals surface area contributed by atoms with Crippen molar-refractivity contribution < 1.29 is 17.6 Å². The molecule has 6 heteroatoms. The summed E-state index contributed by atoms with van der Waals surface area (Å²) in [6, 6.07) is 11.5. The highest BCUT2D eigenvalue weighted by molar-refractivity contribution is 5.31. The Morgan fingerprint density at radius 2 is 1.79 bits per heavy atom. The zero-order valence-corrected chi connectivity index (χ0v) is 16.0. The van der Waals surface area contributed by atoms with Crippen molar-refractivity contribution in [2.45, 2.75) is 25.7 Å². The Labute approximate surface area is 162 Å². The van der Waals surface area contributed by atoms with Crippen LogP contribution in [0.4, 0.5) is 17.6 Å². The first-order valence-corrected chi connectivity index (χ1v) is 9.57. The van der Waals surface area contributed by atoms with Crippen LogP contribution < -0.4 is 0 Å². The third kappa shape index (κ3) is 3.67. The number of nitrogens with zero attached hydrogens (tertiary/aromatic N) is 2. The molecule has 2 fully saturated rings. The summed E-state index contributed by atoms with van der Waals surface area (Å²) in [7, 11) is 2.14. The van der Waals surface area contributed by atoms with Gasteiger partial charge < -0.3 is 0 Å². The van der Waals surface area contributed by atoms with E-state index in [0.717, 1.165) is 25.7 Å². The quantitative estimate of drug-likeness (QED) is 0.687. The van der Waals surface area contributed by atoms with Crippen LogP contribution in [0.15, 0.2) is 42.5 Å². The van der Waals surface area contributed by atoms with Gasteiger partial charge in [-0.1, -0.05) is 24.3 Å². The molecule has 2 aliphatic heterocycles. The van der Waals surface area contributed by atoms with Crippen LogP contribution in [0.1, 0.15) is 28.3 Å². The summed E-state index contributed by atoms with van der Waals surface area (Å²) < 4.78 is 52.7. The Bertz CT molecular complexity index is 864. The fourth-order valence-corrected chi connectivity index (χ4v) is 5.03. The summed E-state index contributed by atoms with van der Waals surface area (Å²) in [5.41, 5.74) is 2.05. The van der Waals surface area contributed by atoms with Crippen LogP contribution in [0.3, 0.4) is 0 Å². The largest absolute Gasteiger partial charge is 0.416 e. The van der Waals surface area contributed by atoms with E-state index in [0.29, 0.717) is 36.1 Å². The van der Waals surface area contributed by atoms with E-state index in [1.165, 1.54) is 17.2 Å². The van der Waals surface area contributed by atoms with E-state index < -0.39 is 17.6 Å². The topological polar surface area (TPSA) is 6.48 Å². The van der Waals surface area contributed by atoms with Crippen molar-refractivity contribution in [2.24, 2.45) is 11.8 Å². The molecule has 2 aliphatic rings. The molecule has 0 aliphatic carbocycles. The lowest BCUT2D eigenvalue weighted by molar-refractivity contribution is -0.137. The standard InChI is InChI=1S/C22H24F4N2/c1-14-5-3-4-6-19(14)21-20-13-28(12-16(20)11-27(21)2)10-15-7-17(22(24,25)26)9-18(23)8-15/h3-9,16,20-21H,10-13H2,1-2H3/t16-,20+,21-/m0/s1. The zero-order valence-electron chi connectivity index (χ0n) is 16.0. The molecule has 28 heavy (non-hydrogen) atoms. The van der Waals surface area contributed by atoms with E-state index in [1.807, 2.05) is 6.07 Å². The van der Waals surface area contributed by atoms with Gasteiger partial charge >= 0.3 is 6.18 Å². The summed E-state index contributed by atoms with van der Waals surface area (Å²) >= 11 is 0. The Hall–Kier alpha value is -1.92. The number of likely N-dealkylation sites (tertiary alicyclic amines) is 2. The molecule has 0 radical (unpaired) electrons. The number of hydrogen-bond donors (Lipinski definition) is 0. The van der Waals surface area contributed by atoms with Crippen LogP contribution in [-0.2, 0) is 12.7 Å². The molecule has 2 aromatic carbocycles. The predicted molar refractivity (Wildman–Crippen MR) is 100 cm³/mol. The van der Waals surface area contributed by atoms with Crippen LogP contribution in [0.5, 0.6) is 0 Å². The molecule has 150 valence electrons. The van der Waals surface area contributed by atoms with Crippen LogP contribution in [0, 0.1) is 24.6 Å². The Kier molecular flexibility index (Phi) is 4.96. The van der Waals surface area contributed by atoms with E-state index in [9.17, 15) is 17.6 Å². The van der Waals surface area contributed by atoms with Gasteiger partial charge in [-0.2, -0.15) is 13.2 Å². The van der Waals surface area contributed by atoms with Gasteiger partial charge in [-0.25, -0.2) is 4.39 Å². The molecule has 2 nitrogen and oxygen atoms in total. The van der Waals surface area contributed by atoms with Gasteiger partial charge in [0.2, 0.25) is 0 Å². The summed E-state index contributed by atoms with van der Waals surface area (Å²) in [5.74, 6) is 0.0775. The summed E-state index contributed by atoms with van der Waals surface area (Å²) in [5, 5.41) is 0. The maximum Gasteiger partial charge on any atom is 0.416 e. The van der Waals surface area contributed by atoms with Gasteiger partial charge in [0, 0.05) is 32.2 Å². The number of hydrogen-bond acceptors (Lipinski definition) is 2. The highest BCUT2D eigenvalue weighted by Gasteiger charge is 2.46. The van der Waals surface area contributed by atoms with Gasteiger partial charge in [0.15, 0.2) is 0 Å². The molecule has 2 saturated heterocycles. The third-order valence-corrected chi connectivity index (χ3v) is 6.17. The average molecular weight is 392 g/mol. The van der Waals surface area contributed by atoms with Crippen molar-refractivity contribution in [3.8, 4) is 0 Å². The van der Waals surface area contributed by atoms with E-state index >= 15 is 0 Å². The maximum absolute atomic E-state index is 13.7. The van der Waals surface area contributed by atoms with Crippen molar-refractivity contribution in [1.29, 1.82) is 0 Å². The van der Waals surface area contributed by atoms with Crippen molar-refractivity contribution in [2.75, 3.05) is 26.7 Å². The van der Waals surface area contributed by atoms with Crippen molar-refractivity contribution in [3.05, 3.63) is 70.5 Å². The van der Waals surface area contributed by atoms with Gasteiger partial charge in [-0.3, -0.25) is 9.80 Å².